The molecule has 0 bridgehead atoms. The summed E-state index contributed by atoms with van der Waals surface area (Å²) in [6.07, 6.45) is 1.45. The fraction of sp³-hybridized carbons (Fsp3) is 0.400. The zero-order valence-corrected chi connectivity index (χ0v) is 7.59. The Morgan fingerprint density at radius 3 is 2.29 bits per heavy atom. The van der Waals surface area contributed by atoms with Crippen LogP contribution in [0.3, 0.4) is 0 Å². The standard InChI is InChI=1S/C10H11F2NO/c11-7-2-1-3-8(12)9(7)10(4-5-10)6-14-13/h1-3H,4-6,13H2. The van der Waals surface area contributed by atoms with E-state index in [0.717, 1.165) is 12.8 Å². The third-order valence-electron chi connectivity index (χ3n) is 2.71. The Bertz CT molecular complexity index is 330. The van der Waals surface area contributed by atoms with Crippen LogP contribution >= 0.6 is 0 Å². The Labute approximate surface area is 80.6 Å². The average molecular weight is 199 g/mol. The molecule has 0 saturated heterocycles. The molecule has 1 aromatic carbocycles. The van der Waals surface area contributed by atoms with Crippen LogP contribution in [0.2, 0.25) is 0 Å². The molecule has 2 rings (SSSR count). The van der Waals surface area contributed by atoms with Gasteiger partial charge in [0.1, 0.15) is 11.6 Å². The summed E-state index contributed by atoms with van der Waals surface area (Å²) in [5, 5.41) is 0. The Hall–Kier alpha value is -1.00. The highest BCUT2D eigenvalue weighted by molar-refractivity contribution is 5.34. The van der Waals surface area contributed by atoms with Gasteiger partial charge in [-0.1, -0.05) is 6.07 Å². The molecular formula is C10H11F2NO. The molecule has 76 valence electrons. The van der Waals surface area contributed by atoms with Gasteiger partial charge in [-0.25, -0.2) is 14.7 Å². The Kier molecular flexibility index (Phi) is 2.25. The van der Waals surface area contributed by atoms with Crippen LogP contribution in [0.1, 0.15) is 18.4 Å². The molecule has 0 unspecified atom stereocenters. The van der Waals surface area contributed by atoms with E-state index in [1.54, 1.807) is 0 Å². The summed E-state index contributed by atoms with van der Waals surface area (Å²) in [7, 11) is 0. The van der Waals surface area contributed by atoms with Crippen molar-refractivity contribution in [1.29, 1.82) is 0 Å². The number of hydrogen-bond acceptors (Lipinski definition) is 2. The molecule has 0 spiro atoms. The molecule has 0 atom stereocenters. The Morgan fingerprint density at radius 2 is 1.86 bits per heavy atom. The number of halogens is 2. The maximum atomic E-state index is 13.4. The van der Waals surface area contributed by atoms with Crippen molar-refractivity contribution in [3.63, 3.8) is 0 Å². The highest BCUT2D eigenvalue weighted by atomic mass is 19.1. The molecule has 0 aromatic heterocycles. The van der Waals surface area contributed by atoms with Crippen molar-refractivity contribution in [2.75, 3.05) is 6.61 Å². The molecule has 2 N–H and O–H groups in total. The lowest BCUT2D eigenvalue weighted by atomic mass is 9.96. The van der Waals surface area contributed by atoms with Gasteiger partial charge < -0.3 is 4.84 Å². The average Bonchev–Trinajstić information content (AvgIpc) is 2.86. The molecule has 1 fully saturated rings. The molecule has 0 aliphatic heterocycles. The predicted octanol–water partition coefficient (Wildman–Crippen LogP) is 1.89. The molecule has 4 heteroatoms. The quantitative estimate of drug-likeness (QED) is 0.754. The molecule has 14 heavy (non-hydrogen) atoms. The van der Waals surface area contributed by atoms with E-state index in [1.165, 1.54) is 18.2 Å². The van der Waals surface area contributed by atoms with E-state index in [0.29, 0.717) is 0 Å². The minimum atomic E-state index is -0.524. The number of hydrogen-bond donors (Lipinski definition) is 1. The van der Waals surface area contributed by atoms with Gasteiger partial charge in [-0.2, -0.15) is 0 Å². The molecule has 1 aromatic rings. The van der Waals surface area contributed by atoms with Gasteiger partial charge in [-0.05, 0) is 25.0 Å². The Balaban J connectivity index is 2.40. The van der Waals surface area contributed by atoms with Crippen LogP contribution in [-0.4, -0.2) is 6.61 Å². The first kappa shape index (κ1) is 9.55. The minimum Gasteiger partial charge on any atom is -0.304 e. The van der Waals surface area contributed by atoms with Crippen molar-refractivity contribution in [2.24, 2.45) is 5.90 Å². The zero-order valence-electron chi connectivity index (χ0n) is 7.59. The van der Waals surface area contributed by atoms with Crippen molar-refractivity contribution >= 4 is 0 Å². The van der Waals surface area contributed by atoms with E-state index in [1.807, 2.05) is 0 Å². The summed E-state index contributed by atoms with van der Waals surface area (Å²) >= 11 is 0. The van der Waals surface area contributed by atoms with Crippen LogP contribution in [0.15, 0.2) is 18.2 Å². The summed E-state index contributed by atoms with van der Waals surface area (Å²) in [6, 6.07) is 3.87. The van der Waals surface area contributed by atoms with Crippen molar-refractivity contribution in [1.82, 2.24) is 0 Å². The third kappa shape index (κ3) is 1.40. The second-order valence-electron chi connectivity index (χ2n) is 3.69. The van der Waals surface area contributed by atoms with Crippen molar-refractivity contribution < 1.29 is 13.6 Å². The second-order valence-corrected chi connectivity index (χ2v) is 3.69. The first-order chi connectivity index (χ1) is 6.69. The monoisotopic (exact) mass is 199 g/mol. The second kappa shape index (κ2) is 3.29. The fourth-order valence-corrected chi connectivity index (χ4v) is 1.78. The summed E-state index contributed by atoms with van der Waals surface area (Å²) in [6.45, 7) is 0.171. The number of rotatable bonds is 3. The largest absolute Gasteiger partial charge is 0.304 e. The molecular weight excluding hydrogens is 188 g/mol. The van der Waals surface area contributed by atoms with Crippen LogP contribution in [0, 0.1) is 11.6 Å². The van der Waals surface area contributed by atoms with Gasteiger partial charge in [0.05, 0.1) is 6.61 Å². The van der Waals surface area contributed by atoms with Gasteiger partial charge >= 0.3 is 0 Å². The van der Waals surface area contributed by atoms with E-state index >= 15 is 0 Å². The van der Waals surface area contributed by atoms with Gasteiger partial charge in [0.25, 0.3) is 0 Å². The summed E-state index contributed by atoms with van der Waals surface area (Å²) < 4.78 is 26.7. The first-order valence-corrected chi connectivity index (χ1v) is 4.46. The van der Waals surface area contributed by atoms with E-state index in [-0.39, 0.29) is 12.2 Å². The Morgan fingerprint density at radius 1 is 1.29 bits per heavy atom. The highest BCUT2D eigenvalue weighted by Gasteiger charge is 2.48. The molecule has 0 amide bonds. The number of nitrogens with two attached hydrogens (primary N) is 1. The van der Waals surface area contributed by atoms with E-state index in [2.05, 4.69) is 4.84 Å². The highest BCUT2D eigenvalue weighted by Crippen LogP contribution is 2.49. The molecule has 1 aliphatic rings. The molecule has 0 radical (unpaired) electrons. The van der Waals surface area contributed by atoms with Crippen LogP contribution in [0.4, 0.5) is 8.78 Å². The maximum absolute atomic E-state index is 13.4. The normalized spacial score (nSPS) is 18.2. The lowest BCUT2D eigenvalue weighted by Gasteiger charge is -2.15. The number of benzene rings is 1. The van der Waals surface area contributed by atoms with Gasteiger partial charge in [-0.3, -0.25) is 0 Å². The topological polar surface area (TPSA) is 35.2 Å². The molecule has 2 nitrogen and oxygen atoms in total. The summed E-state index contributed by atoms with van der Waals surface area (Å²) in [4.78, 5) is 4.50. The maximum Gasteiger partial charge on any atom is 0.129 e. The van der Waals surface area contributed by atoms with Gasteiger partial charge in [-0.15, -0.1) is 0 Å². The summed E-state index contributed by atoms with van der Waals surface area (Å²) in [5.74, 6) is 3.92. The van der Waals surface area contributed by atoms with Crippen LogP contribution in [-0.2, 0) is 10.3 Å². The molecule has 1 aliphatic carbocycles. The SMILES string of the molecule is NOCC1(c2c(F)cccc2F)CC1. The molecule has 0 heterocycles. The van der Waals surface area contributed by atoms with Crippen molar-refractivity contribution in [3.8, 4) is 0 Å². The van der Waals surface area contributed by atoms with E-state index in [4.69, 9.17) is 5.90 Å². The van der Waals surface area contributed by atoms with Gasteiger partial charge in [0, 0.05) is 11.0 Å². The lowest BCUT2D eigenvalue weighted by molar-refractivity contribution is 0.114. The van der Waals surface area contributed by atoms with Crippen LogP contribution in [0.5, 0.6) is 0 Å². The van der Waals surface area contributed by atoms with E-state index in [9.17, 15) is 8.78 Å². The van der Waals surface area contributed by atoms with Gasteiger partial charge in [0.15, 0.2) is 0 Å². The first-order valence-electron chi connectivity index (χ1n) is 4.46. The van der Waals surface area contributed by atoms with Crippen molar-refractivity contribution in [2.45, 2.75) is 18.3 Å². The minimum absolute atomic E-state index is 0.116. The summed E-state index contributed by atoms with van der Waals surface area (Å²) in [5.41, 5.74) is -0.407. The van der Waals surface area contributed by atoms with Gasteiger partial charge in [0.2, 0.25) is 0 Å². The lowest BCUT2D eigenvalue weighted by Crippen LogP contribution is -2.21. The van der Waals surface area contributed by atoms with Crippen molar-refractivity contribution in [3.05, 3.63) is 35.4 Å². The predicted molar refractivity (Wildman–Crippen MR) is 47.4 cm³/mol. The fourth-order valence-electron chi connectivity index (χ4n) is 1.78. The molecule has 1 saturated carbocycles. The van der Waals surface area contributed by atoms with E-state index < -0.39 is 17.0 Å². The van der Waals surface area contributed by atoms with Crippen LogP contribution < -0.4 is 5.90 Å². The smallest absolute Gasteiger partial charge is 0.129 e. The van der Waals surface area contributed by atoms with Crippen LogP contribution in [0.25, 0.3) is 0 Å². The third-order valence-corrected chi connectivity index (χ3v) is 2.71. The zero-order chi connectivity index (χ0) is 10.2.